The van der Waals surface area contributed by atoms with E-state index >= 15 is 0 Å². The fraction of sp³-hybridized carbons (Fsp3) is 0.500. The molecule has 0 amide bonds. The molecule has 0 saturated carbocycles. The van der Waals surface area contributed by atoms with Crippen molar-refractivity contribution in [2.24, 2.45) is 5.73 Å². The van der Waals surface area contributed by atoms with Gasteiger partial charge in [-0.1, -0.05) is 39.0 Å². The van der Waals surface area contributed by atoms with E-state index in [9.17, 15) is 0 Å². The molecule has 0 heterocycles. The van der Waals surface area contributed by atoms with Gasteiger partial charge in [0.05, 0.1) is 0 Å². The van der Waals surface area contributed by atoms with Crippen molar-refractivity contribution in [1.29, 1.82) is 0 Å². The van der Waals surface area contributed by atoms with E-state index in [2.05, 4.69) is 45.0 Å². The Morgan fingerprint density at radius 3 is 2.43 bits per heavy atom. The van der Waals surface area contributed by atoms with Gasteiger partial charge < -0.3 is 5.73 Å². The van der Waals surface area contributed by atoms with E-state index in [-0.39, 0.29) is 0 Å². The number of hydrogen-bond donors (Lipinski definition) is 1. The van der Waals surface area contributed by atoms with E-state index in [0.29, 0.717) is 11.2 Å². The lowest BCUT2D eigenvalue weighted by Gasteiger charge is -2.15. The molecule has 78 valence electrons. The lowest BCUT2D eigenvalue weighted by molar-refractivity contribution is 0.757. The predicted molar refractivity (Wildman–Crippen MR) is 64.9 cm³/mol. The molecule has 0 aliphatic rings. The summed E-state index contributed by atoms with van der Waals surface area (Å²) in [7, 11) is 0. The van der Waals surface area contributed by atoms with Crippen LogP contribution in [0.4, 0.5) is 0 Å². The summed E-state index contributed by atoms with van der Waals surface area (Å²) in [6.45, 7) is 7.33. The highest BCUT2D eigenvalue weighted by molar-refractivity contribution is 8.00. The van der Waals surface area contributed by atoms with Crippen molar-refractivity contribution < 1.29 is 0 Å². The Bertz CT molecular complexity index is 283. The number of hydrogen-bond acceptors (Lipinski definition) is 2. The van der Waals surface area contributed by atoms with Gasteiger partial charge in [0.25, 0.3) is 0 Å². The second kappa shape index (κ2) is 5.42. The van der Waals surface area contributed by atoms with Gasteiger partial charge in [-0.15, -0.1) is 11.8 Å². The summed E-state index contributed by atoms with van der Waals surface area (Å²) >= 11 is 1.91. The summed E-state index contributed by atoms with van der Waals surface area (Å²) in [4.78, 5) is 1.38. The smallest absolute Gasteiger partial charge is 0.0110 e. The van der Waals surface area contributed by atoms with Crippen LogP contribution in [0.15, 0.2) is 29.2 Å². The zero-order valence-corrected chi connectivity index (χ0v) is 9.97. The van der Waals surface area contributed by atoms with Crippen molar-refractivity contribution in [1.82, 2.24) is 0 Å². The number of nitrogens with two attached hydrogens (primary N) is 1. The summed E-state index contributed by atoms with van der Waals surface area (Å²) in [6, 6.07) is 8.55. The zero-order chi connectivity index (χ0) is 10.6. The molecular formula is C12H19NS. The fourth-order valence-corrected chi connectivity index (χ4v) is 2.45. The molecule has 0 fully saturated rings. The average molecular weight is 209 g/mol. The van der Waals surface area contributed by atoms with Crippen molar-refractivity contribution in [3.8, 4) is 0 Å². The molecule has 1 rings (SSSR count). The van der Waals surface area contributed by atoms with Crippen molar-refractivity contribution in [2.75, 3.05) is 6.54 Å². The average Bonchev–Trinajstić information content (AvgIpc) is 2.16. The first-order chi connectivity index (χ1) is 6.65. The summed E-state index contributed by atoms with van der Waals surface area (Å²) in [5, 5.41) is 0.626. The van der Waals surface area contributed by atoms with Crippen LogP contribution in [-0.2, 0) is 0 Å². The number of benzene rings is 1. The Balaban J connectivity index is 2.91. The van der Waals surface area contributed by atoms with Gasteiger partial charge in [0.1, 0.15) is 0 Å². The SMILES string of the molecule is CC(C)Sc1ccccc1C(C)CN. The van der Waals surface area contributed by atoms with Crippen LogP contribution in [0, 0.1) is 0 Å². The summed E-state index contributed by atoms with van der Waals surface area (Å²) in [6.07, 6.45) is 0. The Morgan fingerprint density at radius 2 is 1.86 bits per heavy atom. The van der Waals surface area contributed by atoms with Gasteiger partial charge in [-0.05, 0) is 24.1 Å². The van der Waals surface area contributed by atoms with Crippen LogP contribution in [0.2, 0.25) is 0 Å². The molecule has 0 spiro atoms. The first kappa shape index (κ1) is 11.6. The van der Waals surface area contributed by atoms with Gasteiger partial charge in [-0.3, -0.25) is 0 Å². The van der Waals surface area contributed by atoms with Gasteiger partial charge in [-0.2, -0.15) is 0 Å². The zero-order valence-electron chi connectivity index (χ0n) is 9.16. The Labute approximate surface area is 91.1 Å². The van der Waals surface area contributed by atoms with Gasteiger partial charge in [-0.25, -0.2) is 0 Å². The summed E-state index contributed by atoms with van der Waals surface area (Å²) in [5.41, 5.74) is 7.08. The van der Waals surface area contributed by atoms with Crippen LogP contribution >= 0.6 is 11.8 Å². The minimum Gasteiger partial charge on any atom is -0.330 e. The molecule has 0 radical (unpaired) electrons. The van der Waals surface area contributed by atoms with Crippen LogP contribution in [-0.4, -0.2) is 11.8 Å². The minimum absolute atomic E-state index is 0.456. The monoisotopic (exact) mass is 209 g/mol. The normalized spacial score (nSPS) is 13.2. The van der Waals surface area contributed by atoms with Crippen molar-refractivity contribution >= 4 is 11.8 Å². The van der Waals surface area contributed by atoms with E-state index in [4.69, 9.17) is 5.73 Å². The van der Waals surface area contributed by atoms with E-state index in [1.807, 2.05) is 11.8 Å². The highest BCUT2D eigenvalue weighted by Crippen LogP contribution is 2.30. The molecule has 1 unspecified atom stereocenters. The Kier molecular flexibility index (Phi) is 4.49. The van der Waals surface area contributed by atoms with Gasteiger partial charge >= 0.3 is 0 Å². The molecule has 14 heavy (non-hydrogen) atoms. The molecule has 1 aromatic carbocycles. The molecule has 0 aromatic heterocycles. The first-order valence-electron chi connectivity index (χ1n) is 5.10. The molecule has 2 heteroatoms. The number of thioether (sulfide) groups is 1. The minimum atomic E-state index is 0.456. The molecule has 0 bridgehead atoms. The largest absolute Gasteiger partial charge is 0.330 e. The molecule has 0 aliphatic carbocycles. The molecular weight excluding hydrogens is 190 g/mol. The van der Waals surface area contributed by atoms with Gasteiger partial charge in [0.15, 0.2) is 0 Å². The lowest BCUT2D eigenvalue weighted by Crippen LogP contribution is -2.10. The molecule has 1 atom stereocenters. The van der Waals surface area contributed by atoms with E-state index in [0.717, 1.165) is 6.54 Å². The molecule has 1 aromatic rings. The predicted octanol–water partition coefficient (Wildman–Crippen LogP) is 3.25. The first-order valence-corrected chi connectivity index (χ1v) is 5.98. The van der Waals surface area contributed by atoms with Crippen LogP contribution in [0.25, 0.3) is 0 Å². The molecule has 0 aliphatic heterocycles. The third-order valence-electron chi connectivity index (χ3n) is 2.17. The molecule has 2 N–H and O–H groups in total. The van der Waals surface area contributed by atoms with E-state index in [1.54, 1.807) is 0 Å². The Hall–Kier alpha value is -0.470. The molecule has 0 saturated heterocycles. The van der Waals surface area contributed by atoms with E-state index in [1.165, 1.54) is 10.5 Å². The summed E-state index contributed by atoms with van der Waals surface area (Å²) in [5.74, 6) is 0.456. The topological polar surface area (TPSA) is 26.0 Å². The third kappa shape index (κ3) is 3.03. The fourth-order valence-electron chi connectivity index (χ4n) is 1.38. The van der Waals surface area contributed by atoms with Gasteiger partial charge in [0.2, 0.25) is 0 Å². The van der Waals surface area contributed by atoms with E-state index < -0.39 is 0 Å². The maximum atomic E-state index is 5.69. The second-order valence-corrected chi connectivity index (χ2v) is 5.46. The maximum Gasteiger partial charge on any atom is 0.0110 e. The standard InChI is InChI=1S/C12H19NS/c1-9(2)14-12-7-5-4-6-11(12)10(3)8-13/h4-7,9-10H,8,13H2,1-3H3. The van der Waals surface area contributed by atoms with Crippen LogP contribution in [0.3, 0.4) is 0 Å². The summed E-state index contributed by atoms with van der Waals surface area (Å²) < 4.78 is 0. The Morgan fingerprint density at radius 1 is 1.21 bits per heavy atom. The van der Waals surface area contributed by atoms with Crippen LogP contribution < -0.4 is 5.73 Å². The highest BCUT2D eigenvalue weighted by Gasteiger charge is 2.09. The van der Waals surface area contributed by atoms with Gasteiger partial charge in [0, 0.05) is 10.1 Å². The van der Waals surface area contributed by atoms with Crippen molar-refractivity contribution in [3.05, 3.63) is 29.8 Å². The van der Waals surface area contributed by atoms with Crippen LogP contribution in [0.1, 0.15) is 32.3 Å². The van der Waals surface area contributed by atoms with Crippen molar-refractivity contribution in [3.63, 3.8) is 0 Å². The quantitative estimate of drug-likeness (QED) is 0.770. The maximum absolute atomic E-state index is 5.69. The third-order valence-corrected chi connectivity index (χ3v) is 3.26. The highest BCUT2D eigenvalue weighted by atomic mass is 32.2. The van der Waals surface area contributed by atoms with Crippen molar-refractivity contribution in [2.45, 2.75) is 36.8 Å². The number of rotatable bonds is 4. The molecule has 1 nitrogen and oxygen atoms in total. The second-order valence-electron chi connectivity index (χ2n) is 3.84. The van der Waals surface area contributed by atoms with Crippen LogP contribution in [0.5, 0.6) is 0 Å². The lowest BCUT2D eigenvalue weighted by atomic mass is 10.0.